The Morgan fingerprint density at radius 2 is 2.11 bits per heavy atom. The van der Waals surface area contributed by atoms with Crippen LogP contribution < -0.4 is 10.6 Å². The summed E-state index contributed by atoms with van der Waals surface area (Å²) in [5.74, 6) is 2.01. The summed E-state index contributed by atoms with van der Waals surface area (Å²) in [4.78, 5) is 2.37. The van der Waals surface area contributed by atoms with E-state index >= 15 is 0 Å². The van der Waals surface area contributed by atoms with E-state index in [-0.39, 0.29) is 6.04 Å². The number of fused-ring (bicyclic) bond motifs is 1. The Hall–Kier alpha value is -1.74. The lowest BCUT2D eigenvalue weighted by atomic mass is 10.1. The Bertz CT molecular complexity index is 561. The first-order chi connectivity index (χ1) is 9.33. The van der Waals surface area contributed by atoms with Crippen LogP contribution in [0.15, 0.2) is 40.8 Å². The van der Waals surface area contributed by atoms with Crippen LogP contribution in [0.1, 0.15) is 30.0 Å². The third-order valence-corrected chi connectivity index (χ3v) is 3.88. The Morgan fingerprint density at radius 1 is 1.26 bits per heavy atom. The number of benzene rings is 1. The molecule has 3 rings (SSSR count). The SMILES string of the molecule is CCc1ccc(C(CN)N2CCc3ccccc32)o1. The molecule has 0 saturated heterocycles. The second-order valence-electron chi connectivity index (χ2n) is 4.98. The zero-order chi connectivity index (χ0) is 13.2. The van der Waals surface area contributed by atoms with Crippen LogP contribution in [0.4, 0.5) is 5.69 Å². The van der Waals surface area contributed by atoms with Crippen molar-refractivity contribution in [2.24, 2.45) is 5.73 Å². The van der Waals surface area contributed by atoms with E-state index in [0.717, 1.165) is 30.9 Å². The highest BCUT2D eigenvalue weighted by atomic mass is 16.3. The number of hydrogen-bond acceptors (Lipinski definition) is 3. The maximum absolute atomic E-state index is 5.99. The molecule has 1 aliphatic heterocycles. The molecule has 2 heterocycles. The molecule has 1 aromatic heterocycles. The van der Waals surface area contributed by atoms with E-state index in [1.807, 2.05) is 0 Å². The van der Waals surface area contributed by atoms with E-state index in [4.69, 9.17) is 10.2 Å². The van der Waals surface area contributed by atoms with Crippen molar-refractivity contribution < 1.29 is 4.42 Å². The van der Waals surface area contributed by atoms with Crippen LogP contribution in [0.3, 0.4) is 0 Å². The first-order valence-corrected chi connectivity index (χ1v) is 6.96. The lowest BCUT2D eigenvalue weighted by Gasteiger charge is -2.27. The highest BCUT2D eigenvalue weighted by Crippen LogP contribution is 2.35. The number of rotatable bonds is 4. The molecule has 1 unspecified atom stereocenters. The van der Waals surface area contributed by atoms with Gasteiger partial charge in [-0.3, -0.25) is 0 Å². The second kappa shape index (κ2) is 5.10. The van der Waals surface area contributed by atoms with Gasteiger partial charge in [-0.1, -0.05) is 25.1 Å². The van der Waals surface area contributed by atoms with Crippen molar-refractivity contribution in [3.63, 3.8) is 0 Å². The Morgan fingerprint density at radius 3 is 2.84 bits per heavy atom. The molecule has 2 aromatic rings. The van der Waals surface area contributed by atoms with Gasteiger partial charge in [0, 0.05) is 25.2 Å². The molecular formula is C16H20N2O. The first kappa shape index (κ1) is 12.3. The third kappa shape index (κ3) is 2.15. The lowest BCUT2D eigenvalue weighted by Crippen LogP contribution is -2.32. The van der Waals surface area contributed by atoms with Crippen LogP contribution in [0.25, 0.3) is 0 Å². The lowest BCUT2D eigenvalue weighted by molar-refractivity contribution is 0.427. The topological polar surface area (TPSA) is 42.4 Å². The minimum absolute atomic E-state index is 0.143. The Kier molecular flexibility index (Phi) is 3.30. The van der Waals surface area contributed by atoms with Crippen LogP contribution in [0.5, 0.6) is 0 Å². The van der Waals surface area contributed by atoms with Crippen molar-refractivity contribution in [1.82, 2.24) is 0 Å². The molecule has 0 aliphatic carbocycles. The normalized spacial score (nSPS) is 15.6. The standard InChI is InChI=1S/C16H20N2O/c1-2-13-7-8-16(19-13)15(11-17)18-10-9-12-5-3-4-6-14(12)18/h3-8,15H,2,9-11,17H2,1H3. The summed E-state index contributed by atoms with van der Waals surface area (Å²) < 4.78 is 5.89. The summed E-state index contributed by atoms with van der Waals surface area (Å²) in [6.45, 7) is 3.69. The molecule has 0 spiro atoms. The van der Waals surface area contributed by atoms with Crippen molar-refractivity contribution in [3.05, 3.63) is 53.5 Å². The number of aryl methyl sites for hydroxylation is 1. The molecule has 19 heavy (non-hydrogen) atoms. The Labute approximate surface area is 114 Å². The largest absolute Gasteiger partial charge is 0.464 e. The van der Waals surface area contributed by atoms with E-state index < -0.39 is 0 Å². The van der Waals surface area contributed by atoms with Gasteiger partial charge in [0.25, 0.3) is 0 Å². The maximum Gasteiger partial charge on any atom is 0.127 e. The number of hydrogen-bond donors (Lipinski definition) is 1. The van der Waals surface area contributed by atoms with Gasteiger partial charge in [-0.2, -0.15) is 0 Å². The summed E-state index contributed by atoms with van der Waals surface area (Å²) in [5.41, 5.74) is 8.70. The Balaban J connectivity index is 1.91. The quantitative estimate of drug-likeness (QED) is 0.914. The molecule has 3 nitrogen and oxygen atoms in total. The van der Waals surface area contributed by atoms with Gasteiger partial charge in [-0.05, 0) is 30.2 Å². The zero-order valence-electron chi connectivity index (χ0n) is 11.3. The molecule has 1 aromatic carbocycles. The first-order valence-electron chi connectivity index (χ1n) is 6.96. The molecule has 100 valence electrons. The van der Waals surface area contributed by atoms with Gasteiger partial charge in [-0.25, -0.2) is 0 Å². The molecule has 2 N–H and O–H groups in total. The van der Waals surface area contributed by atoms with E-state index in [0.29, 0.717) is 6.54 Å². The van der Waals surface area contributed by atoms with Crippen LogP contribution in [0, 0.1) is 0 Å². The van der Waals surface area contributed by atoms with E-state index in [1.54, 1.807) is 0 Å². The average Bonchev–Trinajstić information content (AvgIpc) is 3.07. The van der Waals surface area contributed by atoms with Gasteiger partial charge in [0.05, 0.1) is 6.04 Å². The number of furan rings is 1. The molecule has 0 amide bonds. The van der Waals surface area contributed by atoms with Crippen LogP contribution in [0.2, 0.25) is 0 Å². The van der Waals surface area contributed by atoms with E-state index in [9.17, 15) is 0 Å². The van der Waals surface area contributed by atoms with Crippen LogP contribution in [-0.2, 0) is 12.8 Å². The summed E-state index contributed by atoms with van der Waals surface area (Å²) in [6.07, 6.45) is 2.02. The van der Waals surface area contributed by atoms with E-state index in [2.05, 4.69) is 48.2 Å². The highest BCUT2D eigenvalue weighted by Gasteiger charge is 2.27. The number of nitrogens with two attached hydrogens (primary N) is 1. The second-order valence-corrected chi connectivity index (χ2v) is 4.98. The summed E-state index contributed by atoms with van der Waals surface area (Å²) >= 11 is 0. The molecule has 1 atom stereocenters. The number of para-hydroxylation sites is 1. The number of nitrogens with zero attached hydrogens (tertiary/aromatic N) is 1. The average molecular weight is 256 g/mol. The van der Waals surface area contributed by atoms with Gasteiger partial charge >= 0.3 is 0 Å². The minimum Gasteiger partial charge on any atom is -0.464 e. The number of anilines is 1. The van der Waals surface area contributed by atoms with Gasteiger partial charge < -0.3 is 15.1 Å². The molecule has 0 radical (unpaired) electrons. The van der Waals surface area contributed by atoms with Crippen LogP contribution in [-0.4, -0.2) is 13.1 Å². The predicted molar refractivity (Wildman–Crippen MR) is 77.4 cm³/mol. The van der Waals surface area contributed by atoms with Gasteiger partial charge in [0.15, 0.2) is 0 Å². The van der Waals surface area contributed by atoms with Crippen molar-refractivity contribution >= 4 is 5.69 Å². The molecule has 0 fully saturated rings. The predicted octanol–water partition coefficient (Wildman–Crippen LogP) is 2.90. The molecule has 1 aliphatic rings. The maximum atomic E-state index is 5.99. The summed E-state index contributed by atoms with van der Waals surface area (Å²) in [6, 6.07) is 12.8. The van der Waals surface area contributed by atoms with Gasteiger partial charge in [0.2, 0.25) is 0 Å². The van der Waals surface area contributed by atoms with Crippen LogP contribution >= 0.6 is 0 Å². The van der Waals surface area contributed by atoms with E-state index in [1.165, 1.54) is 11.3 Å². The summed E-state index contributed by atoms with van der Waals surface area (Å²) in [5, 5.41) is 0. The minimum atomic E-state index is 0.143. The van der Waals surface area contributed by atoms with Gasteiger partial charge in [-0.15, -0.1) is 0 Å². The molecule has 3 heteroatoms. The monoisotopic (exact) mass is 256 g/mol. The fourth-order valence-corrected chi connectivity index (χ4v) is 2.85. The molecule has 0 bridgehead atoms. The van der Waals surface area contributed by atoms with Crippen molar-refractivity contribution in [2.45, 2.75) is 25.8 Å². The van der Waals surface area contributed by atoms with Crippen molar-refractivity contribution in [2.75, 3.05) is 18.0 Å². The fraction of sp³-hybridized carbons (Fsp3) is 0.375. The zero-order valence-corrected chi connectivity index (χ0v) is 11.3. The van der Waals surface area contributed by atoms with Crippen molar-refractivity contribution in [3.8, 4) is 0 Å². The molecular weight excluding hydrogens is 236 g/mol. The third-order valence-electron chi connectivity index (χ3n) is 3.88. The van der Waals surface area contributed by atoms with Crippen molar-refractivity contribution in [1.29, 1.82) is 0 Å². The fourth-order valence-electron chi connectivity index (χ4n) is 2.85. The summed E-state index contributed by atoms with van der Waals surface area (Å²) in [7, 11) is 0. The van der Waals surface area contributed by atoms with Gasteiger partial charge in [0.1, 0.15) is 11.5 Å². The smallest absolute Gasteiger partial charge is 0.127 e. The molecule has 0 saturated carbocycles. The highest BCUT2D eigenvalue weighted by molar-refractivity contribution is 5.59.